The summed E-state index contributed by atoms with van der Waals surface area (Å²) in [6.45, 7) is 10.1. The van der Waals surface area contributed by atoms with Crippen LogP contribution in [0.25, 0.3) is 0 Å². The van der Waals surface area contributed by atoms with E-state index in [1.54, 1.807) is 0 Å². The highest BCUT2D eigenvalue weighted by atomic mass is 16.2. The maximum atomic E-state index is 12.0. The van der Waals surface area contributed by atoms with Crippen molar-refractivity contribution in [3.63, 3.8) is 0 Å². The molecule has 6 nitrogen and oxygen atoms in total. The molecule has 2 aliphatic rings. The Balaban J connectivity index is 1.60. The molecule has 0 bridgehead atoms. The lowest BCUT2D eigenvalue weighted by atomic mass is 10.1. The maximum absolute atomic E-state index is 12.0. The lowest BCUT2D eigenvalue weighted by molar-refractivity contribution is -0.123. The lowest BCUT2D eigenvalue weighted by Crippen LogP contribution is -2.27. The molecule has 2 fully saturated rings. The smallest absolute Gasteiger partial charge is 0.228 e. The van der Waals surface area contributed by atoms with Crippen molar-refractivity contribution >= 4 is 23.9 Å². The van der Waals surface area contributed by atoms with Gasteiger partial charge in [-0.05, 0) is 49.9 Å². The third-order valence-corrected chi connectivity index (χ3v) is 6.27. The Morgan fingerprint density at radius 2 is 1.43 bits per heavy atom. The highest BCUT2D eigenvalue weighted by Gasteiger charge is 2.51. The maximum Gasteiger partial charge on any atom is 0.228 e. The Hall–Kier alpha value is -2.24. The van der Waals surface area contributed by atoms with Crippen LogP contribution in [0.4, 0.5) is 0 Å². The molecule has 0 aromatic carbocycles. The number of ketones is 1. The van der Waals surface area contributed by atoms with Crippen LogP contribution in [-0.2, 0) is 19.2 Å². The van der Waals surface area contributed by atoms with E-state index in [1.165, 1.54) is 6.08 Å². The second kappa shape index (κ2) is 9.71. The first-order chi connectivity index (χ1) is 14.0. The zero-order chi connectivity index (χ0) is 22.5. The fraction of sp³-hybridized carbons (Fsp3) is 0.667. The molecule has 166 valence electrons. The summed E-state index contributed by atoms with van der Waals surface area (Å²) < 4.78 is 0. The van der Waals surface area contributed by atoms with Crippen LogP contribution in [0, 0.1) is 22.7 Å². The van der Waals surface area contributed by atoms with Crippen molar-refractivity contribution in [3.8, 4) is 0 Å². The van der Waals surface area contributed by atoms with Crippen molar-refractivity contribution in [1.29, 1.82) is 0 Å². The van der Waals surface area contributed by atoms with Gasteiger partial charge in [-0.1, -0.05) is 40.2 Å². The van der Waals surface area contributed by atoms with Crippen molar-refractivity contribution in [2.75, 3.05) is 0 Å². The van der Waals surface area contributed by atoms with Crippen LogP contribution in [-0.4, -0.2) is 23.9 Å². The summed E-state index contributed by atoms with van der Waals surface area (Å²) in [7, 11) is 0. The molecule has 0 aromatic heterocycles. The van der Waals surface area contributed by atoms with Crippen molar-refractivity contribution < 1.29 is 19.2 Å². The largest absolute Gasteiger partial charge is 0.330 e. The number of hydrogen-bond acceptors (Lipinski definition) is 4. The van der Waals surface area contributed by atoms with E-state index in [1.807, 2.05) is 26.8 Å². The quantitative estimate of drug-likeness (QED) is 0.287. The fourth-order valence-electron chi connectivity index (χ4n) is 3.68. The van der Waals surface area contributed by atoms with E-state index in [2.05, 4.69) is 24.5 Å². The molecule has 30 heavy (non-hydrogen) atoms. The van der Waals surface area contributed by atoms with E-state index in [0.29, 0.717) is 12.7 Å². The first kappa shape index (κ1) is 24.0. The molecule has 2 amide bonds. The summed E-state index contributed by atoms with van der Waals surface area (Å²) >= 11 is 0. The first-order valence-corrected chi connectivity index (χ1v) is 10.9. The lowest BCUT2D eigenvalue weighted by Gasteiger charge is -2.07. The molecular formula is C24H36N2O4. The number of rotatable bonds is 12. The Morgan fingerprint density at radius 3 is 1.93 bits per heavy atom. The van der Waals surface area contributed by atoms with Gasteiger partial charge in [0.25, 0.3) is 0 Å². The van der Waals surface area contributed by atoms with E-state index in [0.717, 1.165) is 44.2 Å². The van der Waals surface area contributed by atoms with Gasteiger partial charge in [-0.25, -0.2) is 0 Å². The summed E-state index contributed by atoms with van der Waals surface area (Å²) in [4.78, 5) is 47.3. The standard InChI is InChI=1S/C24H36N2O4/c1-16(25-21(29)19-13-23(19,2)3)10-8-6-7-9-11-18(28)12-17(15-27)26-22(30)20-14-24(20,4)5/h10,12,15,19-20H,6-9,11,13-14H2,1-5H3,(H,25,29)(H,26,30). The van der Waals surface area contributed by atoms with Crippen LogP contribution in [0.1, 0.15) is 79.6 Å². The average Bonchev–Trinajstić information content (AvgIpc) is 3.50. The molecule has 0 aromatic rings. The summed E-state index contributed by atoms with van der Waals surface area (Å²) in [5.74, 6) is -0.205. The van der Waals surface area contributed by atoms with Gasteiger partial charge >= 0.3 is 0 Å². The fourth-order valence-corrected chi connectivity index (χ4v) is 3.68. The van der Waals surface area contributed by atoms with Crippen LogP contribution in [0.15, 0.2) is 23.5 Å². The molecule has 2 N–H and O–H groups in total. The Labute approximate surface area is 179 Å². The Kier molecular flexibility index (Phi) is 7.78. The molecule has 0 radical (unpaired) electrons. The van der Waals surface area contributed by atoms with E-state index in [9.17, 15) is 19.2 Å². The van der Waals surface area contributed by atoms with Crippen molar-refractivity contribution in [1.82, 2.24) is 10.6 Å². The topological polar surface area (TPSA) is 92.3 Å². The van der Waals surface area contributed by atoms with Gasteiger partial charge in [0.2, 0.25) is 11.8 Å². The van der Waals surface area contributed by atoms with Crippen LogP contribution < -0.4 is 10.6 Å². The van der Waals surface area contributed by atoms with E-state index < -0.39 is 0 Å². The van der Waals surface area contributed by atoms with Crippen molar-refractivity contribution in [2.24, 2.45) is 22.7 Å². The summed E-state index contributed by atoms with van der Waals surface area (Å²) in [6.07, 6.45) is 9.25. The molecule has 2 atom stereocenters. The molecular weight excluding hydrogens is 380 g/mol. The predicted octanol–water partition coefficient (Wildman–Crippen LogP) is 3.82. The minimum atomic E-state index is -0.189. The summed E-state index contributed by atoms with van der Waals surface area (Å²) in [5, 5.41) is 5.52. The minimum absolute atomic E-state index is 0.0216. The van der Waals surface area contributed by atoms with E-state index in [-0.39, 0.29) is 46.0 Å². The van der Waals surface area contributed by atoms with Gasteiger partial charge < -0.3 is 10.6 Å². The number of carbonyl (C=O) groups excluding carboxylic acids is 4. The molecule has 2 aliphatic carbocycles. The van der Waals surface area contributed by atoms with E-state index >= 15 is 0 Å². The second-order valence-corrected chi connectivity index (χ2v) is 10.1. The van der Waals surface area contributed by atoms with E-state index in [4.69, 9.17) is 0 Å². The summed E-state index contributed by atoms with van der Waals surface area (Å²) in [6, 6.07) is 0. The molecule has 0 heterocycles. The van der Waals surface area contributed by atoms with Gasteiger partial charge in [-0.15, -0.1) is 0 Å². The van der Waals surface area contributed by atoms with Crippen molar-refractivity contribution in [3.05, 3.63) is 23.5 Å². The SMILES string of the molecule is CC(=CCCCCCC(=O)C=C(C=O)NC(=O)C1CC1(C)C)NC(=O)C1CC1(C)C. The molecule has 0 spiro atoms. The highest BCUT2D eigenvalue weighted by molar-refractivity contribution is 5.97. The van der Waals surface area contributed by atoms with Gasteiger partial charge in [0.1, 0.15) is 0 Å². The van der Waals surface area contributed by atoms with Gasteiger partial charge in [0.15, 0.2) is 12.1 Å². The number of aldehydes is 1. The third-order valence-electron chi connectivity index (χ3n) is 6.27. The molecule has 0 aliphatic heterocycles. The molecule has 2 saturated carbocycles. The number of hydrogen-bond donors (Lipinski definition) is 2. The van der Waals surface area contributed by atoms with Gasteiger partial charge in [0, 0.05) is 30.0 Å². The monoisotopic (exact) mass is 416 g/mol. The molecule has 0 saturated heterocycles. The highest BCUT2D eigenvalue weighted by Crippen LogP contribution is 2.52. The summed E-state index contributed by atoms with van der Waals surface area (Å²) in [5.41, 5.74) is 1.03. The van der Waals surface area contributed by atoms with Crippen molar-refractivity contribution in [2.45, 2.75) is 79.6 Å². The minimum Gasteiger partial charge on any atom is -0.330 e. The first-order valence-electron chi connectivity index (χ1n) is 10.9. The third kappa shape index (κ3) is 7.22. The second-order valence-electron chi connectivity index (χ2n) is 10.1. The van der Waals surface area contributed by atoms with Gasteiger partial charge in [-0.3, -0.25) is 19.2 Å². The number of carbonyl (C=O) groups is 4. The number of nitrogens with one attached hydrogen (secondary N) is 2. The Bertz CT molecular complexity index is 761. The predicted molar refractivity (Wildman–Crippen MR) is 116 cm³/mol. The molecule has 2 rings (SSSR count). The molecule has 2 unspecified atom stereocenters. The zero-order valence-corrected chi connectivity index (χ0v) is 19.0. The number of allylic oxidation sites excluding steroid dienone is 4. The normalized spacial score (nSPS) is 24.0. The van der Waals surface area contributed by atoms with Crippen LogP contribution in [0.3, 0.4) is 0 Å². The number of unbranched alkanes of at least 4 members (excludes halogenated alkanes) is 3. The average molecular weight is 417 g/mol. The van der Waals surface area contributed by atoms with Crippen LogP contribution in [0.5, 0.6) is 0 Å². The number of amides is 2. The van der Waals surface area contributed by atoms with Gasteiger partial charge in [-0.2, -0.15) is 0 Å². The van der Waals surface area contributed by atoms with Gasteiger partial charge in [0.05, 0.1) is 5.70 Å². The molecule has 6 heteroatoms. The van der Waals surface area contributed by atoms with Crippen LogP contribution in [0.2, 0.25) is 0 Å². The van der Waals surface area contributed by atoms with Crippen LogP contribution >= 0.6 is 0 Å². The Morgan fingerprint density at radius 1 is 0.900 bits per heavy atom. The zero-order valence-electron chi connectivity index (χ0n) is 19.0.